The Morgan fingerprint density at radius 1 is 1.22 bits per heavy atom. The molecule has 0 aliphatic carbocycles. The minimum atomic E-state index is -0.319. The molecule has 1 aromatic heterocycles. The summed E-state index contributed by atoms with van der Waals surface area (Å²) in [6, 6.07) is 15.7. The second-order valence-electron chi connectivity index (χ2n) is 8.44. The Morgan fingerprint density at radius 2 is 2.03 bits per heavy atom. The second-order valence-corrected chi connectivity index (χ2v) is 8.44. The van der Waals surface area contributed by atoms with E-state index in [0.29, 0.717) is 48.5 Å². The molecule has 4 rings (SSSR count). The van der Waals surface area contributed by atoms with Crippen molar-refractivity contribution < 1.29 is 19.1 Å². The molecule has 1 saturated heterocycles. The van der Waals surface area contributed by atoms with Gasteiger partial charge >= 0.3 is 0 Å². The van der Waals surface area contributed by atoms with Gasteiger partial charge in [-0.05, 0) is 17.7 Å². The molecule has 1 amide bonds. The summed E-state index contributed by atoms with van der Waals surface area (Å²) in [5.74, 6) is 1.45. The molecule has 1 fully saturated rings. The second kappa shape index (κ2) is 12.2. The smallest absolute Gasteiger partial charge is 0.247 e. The lowest BCUT2D eigenvalue weighted by Gasteiger charge is -2.25. The van der Waals surface area contributed by atoms with Gasteiger partial charge in [-0.25, -0.2) is 15.0 Å². The fraction of sp³-hybridized carbons (Fsp3) is 0.296. The van der Waals surface area contributed by atoms with Crippen molar-refractivity contribution in [3.63, 3.8) is 0 Å². The van der Waals surface area contributed by atoms with Gasteiger partial charge in [-0.15, -0.1) is 0 Å². The van der Waals surface area contributed by atoms with Crippen LogP contribution in [0.25, 0.3) is 0 Å². The number of hydrogen-bond acceptors (Lipinski definition) is 9. The zero-order valence-electron chi connectivity index (χ0n) is 21.3. The number of amides is 1. The van der Waals surface area contributed by atoms with Crippen molar-refractivity contribution in [2.45, 2.75) is 12.5 Å². The Labute approximate surface area is 216 Å². The van der Waals surface area contributed by atoms with Crippen LogP contribution in [-0.2, 0) is 14.4 Å². The number of likely N-dealkylation sites (N-methyl/N-ethyl adjacent to an activating group) is 1. The van der Waals surface area contributed by atoms with Crippen LogP contribution in [0.1, 0.15) is 18.0 Å². The molecule has 2 N–H and O–H groups in total. The molecule has 0 spiro atoms. The Balaban J connectivity index is 1.64. The number of carbonyl (C=O) groups is 1. The first-order chi connectivity index (χ1) is 18.0. The van der Waals surface area contributed by atoms with E-state index in [-0.39, 0.29) is 11.9 Å². The average molecular weight is 505 g/mol. The van der Waals surface area contributed by atoms with Crippen molar-refractivity contribution in [2.75, 3.05) is 61.6 Å². The quantitative estimate of drug-likeness (QED) is 0.370. The predicted octanol–water partition coefficient (Wildman–Crippen LogP) is 4.32. The van der Waals surface area contributed by atoms with E-state index < -0.39 is 0 Å². The van der Waals surface area contributed by atoms with Crippen LogP contribution in [0.4, 0.5) is 28.7 Å². The van der Waals surface area contributed by atoms with E-state index in [0.717, 1.165) is 17.7 Å². The molecule has 1 aliphatic heterocycles. The van der Waals surface area contributed by atoms with Gasteiger partial charge in [0.25, 0.3) is 0 Å². The Bertz CT molecular complexity index is 1220. The van der Waals surface area contributed by atoms with Crippen molar-refractivity contribution in [2.24, 2.45) is 0 Å². The minimum Gasteiger partial charge on any atom is -0.494 e. The SMILES string of the molecule is C=CC(=O)Nc1cc(Nc2cc(N3OCCC3c3ccccc3)ncn2)c(OC)cc1N(C)CCOC. The zero-order chi connectivity index (χ0) is 26.2. The molecule has 3 aromatic rings. The van der Waals surface area contributed by atoms with Gasteiger partial charge in [0.2, 0.25) is 5.91 Å². The maximum absolute atomic E-state index is 12.2. The van der Waals surface area contributed by atoms with Crippen LogP contribution < -0.4 is 25.3 Å². The number of aromatic nitrogens is 2. The van der Waals surface area contributed by atoms with Crippen molar-refractivity contribution in [3.05, 3.63) is 73.1 Å². The summed E-state index contributed by atoms with van der Waals surface area (Å²) >= 11 is 0. The highest BCUT2D eigenvalue weighted by atomic mass is 16.7. The molecule has 0 radical (unpaired) electrons. The van der Waals surface area contributed by atoms with Crippen LogP contribution in [0.15, 0.2) is 67.5 Å². The molecular formula is C27H32N6O4. The molecule has 1 atom stereocenters. The normalized spacial score (nSPS) is 14.8. The number of nitrogens with one attached hydrogen (secondary N) is 2. The van der Waals surface area contributed by atoms with Crippen molar-refractivity contribution >= 4 is 34.6 Å². The van der Waals surface area contributed by atoms with Crippen molar-refractivity contribution in [1.82, 2.24) is 9.97 Å². The number of nitrogens with zero attached hydrogens (tertiary/aromatic N) is 4. The van der Waals surface area contributed by atoms with Gasteiger partial charge in [-0.3, -0.25) is 9.63 Å². The summed E-state index contributed by atoms with van der Waals surface area (Å²) in [6.07, 6.45) is 3.57. The van der Waals surface area contributed by atoms with Crippen LogP contribution in [0.5, 0.6) is 5.75 Å². The Hall–Kier alpha value is -4.15. The predicted molar refractivity (Wildman–Crippen MR) is 145 cm³/mol. The molecule has 194 valence electrons. The lowest BCUT2D eigenvalue weighted by Crippen LogP contribution is -2.24. The molecule has 10 heteroatoms. The Morgan fingerprint density at radius 3 is 2.76 bits per heavy atom. The van der Waals surface area contributed by atoms with E-state index in [9.17, 15) is 4.79 Å². The molecule has 1 unspecified atom stereocenters. The van der Waals surface area contributed by atoms with Crippen LogP contribution in [-0.4, -0.2) is 56.9 Å². The van der Waals surface area contributed by atoms with Crippen LogP contribution in [0, 0.1) is 0 Å². The van der Waals surface area contributed by atoms with Crippen LogP contribution >= 0.6 is 0 Å². The van der Waals surface area contributed by atoms with Crippen molar-refractivity contribution in [3.8, 4) is 5.75 Å². The first kappa shape index (κ1) is 25.9. The summed E-state index contributed by atoms with van der Waals surface area (Å²) in [4.78, 5) is 28.9. The summed E-state index contributed by atoms with van der Waals surface area (Å²) in [5, 5.41) is 8.01. The van der Waals surface area contributed by atoms with E-state index >= 15 is 0 Å². The Kier molecular flexibility index (Phi) is 8.55. The highest BCUT2D eigenvalue weighted by molar-refractivity contribution is 6.02. The van der Waals surface area contributed by atoms with E-state index in [1.54, 1.807) is 20.3 Å². The molecule has 0 saturated carbocycles. The van der Waals surface area contributed by atoms with E-state index in [2.05, 4.69) is 39.3 Å². The summed E-state index contributed by atoms with van der Waals surface area (Å²) in [6.45, 7) is 5.31. The topological polar surface area (TPSA) is 101 Å². The largest absolute Gasteiger partial charge is 0.494 e. The van der Waals surface area contributed by atoms with Gasteiger partial charge in [0.1, 0.15) is 17.9 Å². The third kappa shape index (κ3) is 6.16. The van der Waals surface area contributed by atoms with E-state index in [4.69, 9.17) is 14.3 Å². The number of methoxy groups -OCH3 is 2. The van der Waals surface area contributed by atoms with E-state index in [1.807, 2.05) is 47.3 Å². The number of anilines is 5. The van der Waals surface area contributed by atoms with Crippen LogP contribution in [0.2, 0.25) is 0 Å². The summed E-state index contributed by atoms with van der Waals surface area (Å²) in [7, 11) is 5.16. The summed E-state index contributed by atoms with van der Waals surface area (Å²) in [5.41, 5.74) is 3.14. The number of hydrogen-bond donors (Lipinski definition) is 2. The molecule has 10 nitrogen and oxygen atoms in total. The third-order valence-corrected chi connectivity index (χ3v) is 6.03. The van der Waals surface area contributed by atoms with Gasteiger partial charge in [0.15, 0.2) is 5.82 Å². The van der Waals surface area contributed by atoms with Gasteiger partial charge in [-0.2, -0.15) is 0 Å². The lowest BCUT2D eigenvalue weighted by molar-refractivity contribution is -0.111. The third-order valence-electron chi connectivity index (χ3n) is 6.03. The number of benzene rings is 2. The van der Waals surface area contributed by atoms with Crippen LogP contribution in [0.3, 0.4) is 0 Å². The van der Waals surface area contributed by atoms with Gasteiger partial charge < -0.3 is 25.0 Å². The van der Waals surface area contributed by atoms with Gasteiger partial charge in [-0.1, -0.05) is 36.9 Å². The van der Waals surface area contributed by atoms with Crippen molar-refractivity contribution in [1.29, 1.82) is 0 Å². The van der Waals surface area contributed by atoms with E-state index in [1.165, 1.54) is 12.4 Å². The molecule has 1 aliphatic rings. The number of carbonyl (C=O) groups excluding carboxylic acids is 1. The first-order valence-electron chi connectivity index (χ1n) is 12.0. The highest BCUT2D eigenvalue weighted by Gasteiger charge is 2.29. The number of hydroxylamine groups is 1. The number of ether oxygens (including phenoxy) is 2. The monoisotopic (exact) mass is 504 g/mol. The lowest BCUT2D eigenvalue weighted by atomic mass is 10.0. The fourth-order valence-electron chi connectivity index (χ4n) is 4.13. The summed E-state index contributed by atoms with van der Waals surface area (Å²) < 4.78 is 10.9. The molecule has 2 aromatic carbocycles. The number of rotatable bonds is 11. The van der Waals surface area contributed by atoms with Gasteiger partial charge in [0.05, 0.1) is 43.4 Å². The highest BCUT2D eigenvalue weighted by Crippen LogP contribution is 2.39. The minimum absolute atomic E-state index is 0.0566. The molecule has 2 heterocycles. The standard InChI is InChI=1S/C27H32N6O4/c1-5-27(34)31-20-15-21(24(36-4)16-23(20)32(2)12-14-35-3)30-25-17-26(29-18-28-25)33-22(11-13-37-33)19-9-7-6-8-10-19/h5-10,15-18,22H,1,11-14H2,2-4H3,(H,31,34)(H,28,29,30). The maximum atomic E-state index is 12.2. The maximum Gasteiger partial charge on any atom is 0.247 e. The first-order valence-corrected chi connectivity index (χ1v) is 12.0. The fourth-order valence-corrected chi connectivity index (χ4v) is 4.13. The van der Waals surface area contributed by atoms with Gasteiger partial charge in [0, 0.05) is 39.3 Å². The molecule has 0 bridgehead atoms. The molecular weight excluding hydrogens is 472 g/mol. The average Bonchev–Trinajstić information content (AvgIpc) is 3.42. The molecule has 37 heavy (non-hydrogen) atoms. The zero-order valence-corrected chi connectivity index (χ0v) is 21.3.